The Morgan fingerprint density at radius 3 is 2.35 bits per heavy atom. The van der Waals surface area contributed by atoms with Crippen LogP contribution in [-0.2, 0) is 4.79 Å². The van der Waals surface area contributed by atoms with Crippen molar-refractivity contribution >= 4 is 22.9 Å². The molecule has 0 radical (unpaired) electrons. The van der Waals surface area contributed by atoms with Crippen LogP contribution in [0.2, 0.25) is 0 Å². The lowest BCUT2D eigenvalue weighted by molar-refractivity contribution is -0.140. The van der Waals surface area contributed by atoms with Crippen LogP contribution in [0.25, 0.3) is 11.0 Å². The molecule has 23 heavy (non-hydrogen) atoms. The minimum absolute atomic E-state index is 0.190. The number of amides is 1. The first-order chi connectivity index (χ1) is 10.8. The molecule has 8 nitrogen and oxygen atoms in total. The van der Waals surface area contributed by atoms with E-state index >= 15 is 0 Å². The monoisotopic (exact) mass is 319 g/mol. The van der Waals surface area contributed by atoms with Crippen molar-refractivity contribution in [2.45, 2.75) is 26.3 Å². The molecule has 1 aromatic heterocycles. The van der Waals surface area contributed by atoms with E-state index in [1.54, 1.807) is 6.92 Å². The molecule has 0 aliphatic rings. The Bertz CT molecular complexity index is 867. The lowest BCUT2D eigenvalue weighted by Gasteiger charge is -2.20. The second-order valence-electron chi connectivity index (χ2n) is 5.34. The Balaban J connectivity index is 2.34. The SMILES string of the molecule is CC[C@H](C)[C@H](NC(=O)c1ccc2[nH]c(=O)c(=O)[nH]c2c1)C(=O)O. The molecular formula is C15H17N3O5. The molecule has 0 fully saturated rings. The van der Waals surface area contributed by atoms with Gasteiger partial charge in [0, 0.05) is 5.56 Å². The lowest BCUT2D eigenvalue weighted by atomic mass is 9.99. The molecule has 2 aromatic rings. The summed E-state index contributed by atoms with van der Waals surface area (Å²) in [6, 6.07) is 3.30. The van der Waals surface area contributed by atoms with Crippen LogP contribution in [0.3, 0.4) is 0 Å². The van der Waals surface area contributed by atoms with Gasteiger partial charge in [0.25, 0.3) is 5.91 Å². The Kier molecular flexibility index (Phi) is 4.63. The highest BCUT2D eigenvalue weighted by atomic mass is 16.4. The molecule has 0 aliphatic carbocycles. The van der Waals surface area contributed by atoms with E-state index in [1.165, 1.54) is 18.2 Å². The lowest BCUT2D eigenvalue weighted by Crippen LogP contribution is -2.45. The molecule has 0 spiro atoms. The minimum Gasteiger partial charge on any atom is -0.480 e. The maximum absolute atomic E-state index is 12.2. The van der Waals surface area contributed by atoms with Crippen LogP contribution in [0, 0.1) is 5.92 Å². The van der Waals surface area contributed by atoms with Gasteiger partial charge in [-0.05, 0) is 24.1 Å². The van der Waals surface area contributed by atoms with E-state index in [0.717, 1.165) is 0 Å². The number of aliphatic carboxylic acids is 1. The number of aromatic amines is 2. The number of aromatic nitrogens is 2. The van der Waals surface area contributed by atoms with Crippen molar-refractivity contribution in [1.29, 1.82) is 0 Å². The second kappa shape index (κ2) is 6.47. The molecule has 0 unspecified atom stereocenters. The molecule has 4 N–H and O–H groups in total. The fourth-order valence-corrected chi connectivity index (χ4v) is 2.16. The van der Waals surface area contributed by atoms with Gasteiger partial charge in [-0.1, -0.05) is 20.3 Å². The van der Waals surface area contributed by atoms with Crippen LogP contribution in [0.5, 0.6) is 0 Å². The Labute approximate surface area is 130 Å². The maximum Gasteiger partial charge on any atom is 0.326 e. The van der Waals surface area contributed by atoms with E-state index in [9.17, 15) is 24.3 Å². The summed E-state index contributed by atoms with van der Waals surface area (Å²) in [5.41, 5.74) is -0.745. The van der Waals surface area contributed by atoms with Crippen molar-refractivity contribution in [3.63, 3.8) is 0 Å². The van der Waals surface area contributed by atoms with Gasteiger partial charge in [0.05, 0.1) is 11.0 Å². The number of hydrogen-bond acceptors (Lipinski definition) is 4. The van der Waals surface area contributed by atoms with Gasteiger partial charge < -0.3 is 20.4 Å². The Morgan fingerprint density at radius 1 is 1.17 bits per heavy atom. The average Bonchev–Trinajstić information content (AvgIpc) is 2.52. The van der Waals surface area contributed by atoms with Crippen molar-refractivity contribution in [2.24, 2.45) is 5.92 Å². The molecule has 1 aromatic carbocycles. The molecule has 1 amide bonds. The normalized spacial score (nSPS) is 13.5. The molecule has 8 heteroatoms. The Morgan fingerprint density at radius 2 is 1.78 bits per heavy atom. The predicted octanol–water partition coefficient (Wildman–Crippen LogP) is 0.445. The zero-order valence-corrected chi connectivity index (χ0v) is 12.7. The smallest absolute Gasteiger partial charge is 0.326 e. The summed E-state index contributed by atoms with van der Waals surface area (Å²) in [6.07, 6.45) is 0.601. The van der Waals surface area contributed by atoms with Crippen LogP contribution < -0.4 is 16.4 Å². The van der Waals surface area contributed by atoms with Crippen molar-refractivity contribution in [3.05, 3.63) is 44.5 Å². The first kappa shape index (κ1) is 16.5. The van der Waals surface area contributed by atoms with Gasteiger partial charge in [-0.3, -0.25) is 14.4 Å². The van der Waals surface area contributed by atoms with E-state index in [1.807, 2.05) is 6.92 Å². The molecule has 1 heterocycles. The molecule has 0 bridgehead atoms. The number of fused-ring (bicyclic) bond motifs is 1. The van der Waals surface area contributed by atoms with E-state index in [-0.39, 0.29) is 17.0 Å². The number of hydrogen-bond donors (Lipinski definition) is 4. The Hall–Kier alpha value is -2.90. The molecule has 2 rings (SSSR count). The van der Waals surface area contributed by atoms with E-state index in [2.05, 4.69) is 15.3 Å². The maximum atomic E-state index is 12.2. The third-order valence-electron chi connectivity index (χ3n) is 3.75. The first-order valence-electron chi connectivity index (χ1n) is 7.13. The molecule has 2 atom stereocenters. The molecule has 0 aliphatic heterocycles. The van der Waals surface area contributed by atoms with E-state index < -0.39 is 29.0 Å². The molecular weight excluding hydrogens is 302 g/mol. The quantitative estimate of drug-likeness (QED) is 0.594. The fraction of sp³-hybridized carbons (Fsp3) is 0.333. The van der Waals surface area contributed by atoms with Gasteiger partial charge >= 0.3 is 17.1 Å². The number of carbonyl (C=O) groups excluding carboxylic acids is 1. The zero-order chi connectivity index (χ0) is 17.1. The number of H-pyrrole nitrogens is 2. The highest BCUT2D eigenvalue weighted by Gasteiger charge is 2.25. The fourth-order valence-electron chi connectivity index (χ4n) is 2.16. The number of carboxylic acid groups (broad SMARTS) is 1. The van der Waals surface area contributed by atoms with Crippen LogP contribution >= 0.6 is 0 Å². The van der Waals surface area contributed by atoms with Crippen molar-refractivity contribution in [2.75, 3.05) is 0 Å². The number of carboxylic acids is 1. The van der Waals surface area contributed by atoms with Gasteiger partial charge in [-0.15, -0.1) is 0 Å². The highest BCUT2D eigenvalue weighted by molar-refractivity contribution is 5.99. The van der Waals surface area contributed by atoms with Gasteiger partial charge in [0.15, 0.2) is 0 Å². The summed E-state index contributed by atoms with van der Waals surface area (Å²) in [5, 5.41) is 11.7. The van der Waals surface area contributed by atoms with Crippen LogP contribution in [-0.4, -0.2) is 33.0 Å². The largest absolute Gasteiger partial charge is 0.480 e. The van der Waals surface area contributed by atoms with Gasteiger partial charge in [0.2, 0.25) is 0 Å². The summed E-state index contributed by atoms with van der Waals surface area (Å²) in [5.74, 6) is -1.90. The van der Waals surface area contributed by atoms with Crippen molar-refractivity contribution in [1.82, 2.24) is 15.3 Å². The van der Waals surface area contributed by atoms with Crippen molar-refractivity contribution < 1.29 is 14.7 Å². The second-order valence-corrected chi connectivity index (χ2v) is 5.34. The van der Waals surface area contributed by atoms with Gasteiger partial charge in [-0.25, -0.2) is 4.79 Å². The van der Waals surface area contributed by atoms with Crippen LogP contribution in [0.15, 0.2) is 27.8 Å². The minimum atomic E-state index is -1.11. The summed E-state index contributed by atoms with van der Waals surface area (Å²) in [7, 11) is 0. The number of carbonyl (C=O) groups is 2. The third kappa shape index (κ3) is 3.47. The third-order valence-corrected chi connectivity index (χ3v) is 3.75. The molecule has 0 saturated heterocycles. The standard InChI is InChI=1S/C15H17N3O5/c1-3-7(2)11(15(22)23)18-12(19)8-4-5-9-10(6-8)17-14(21)13(20)16-9/h4-7,11H,3H2,1-2H3,(H,16,20)(H,17,21)(H,18,19)(H,22,23)/t7-,11-/m0/s1. The average molecular weight is 319 g/mol. The van der Waals surface area contributed by atoms with E-state index in [4.69, 9.17) is 0 Å². The number of rotatable bonds is 5. The predicted molar refractivity (Wildman–Crippen MR) is 83.5 cm³/mol. The summed E-state index contributed by atoms with van der Waals surface area (Å²) < 4.78 is 0. The number of benzene rings is 1. The zero-order valence-electron chi connectivity index (χ0n) is 12.7. The van der Waals surface area contributed by atoms with Crippen LogP contribution in [0.1, 0.15) is 30.6 Å². The molecule has 0 saturated carbocycles. The van der Waals surface area contributed by atoms with Gasteiger partial charge in [-0.2, -0.15) is 0 Å². The molecule has 122 valence electrons. The van der Waals surface area contributed by atoms with Crippen molar-refractivity contribution in [3.8, 4) is 0 Å². The topological polar surface area (TPSA) is 132 Å². The summed E-state index contributed by atoms with van der Waals surface area (Å²) in [6.45, 7) is 3.57. The van der Waals surface area contributed by atoms with Gasteiger partial charge in [0.1, 0.15) is 6.04 Å². The summed E-state index contributed by atoms with van der Waals surface area (Å²) >= 11 is 0. The van der Waals surface area contributed by atoms with Crippen LogP contribution in [0.4, 0.5) is 0 Å². The number of nitrogens with one attached hydrogen (secondary N) is 3. The first-order valence-corrected chi connectivity index (χ1v) is 7.13. The summed E-state index contributed by atoms with van der Waals surface area (Å²) in [4.78, 5) is 50.8. The highest BCUT2D eigenvalue weighted by Crippen LogP contribution is 2.12. The van der Waals surface area contributed by atoms with E-state index in [0.29, 0.717) is 11.9 Å².